The molecule has 0 aliphatic heterocycles. The van der Waals surface area contributed by atoms with Gasteiger partial charge in [0.2, 0.25) is 0 Å². The molecule has 182 valence electrons. The summed E-state index contributed by atoms with van der Waals surface area (Å²) in [5.74, 6) is 1.55. The molecule has 0 aliphatic rings. The Hall–Kier alpha value is -2.34. The molecule has 0 bridgehead atoms. The zero-order chi connectivity index (χ0) is 24.6. The quantitative estimate of drug-likeness (QED) is 0.209. The molecule has 1 atom stereocenters. The van der Waals surface area contributed by atoms with Crippen LogP contribution < -0.4 is 5.32 Å². The Morgan fingerprint density at radius 3 is 2.39 bits per heavy atom. The van der Waals surface area contributed by atoms with E-state index in [1.807, 2.05) is 0 Å². The van der Waals surface area contributed by atoms with E-state index in [0.29, 0.717) is 17.4 Å². The molecule has 0 aliphatic carbocycles. The molecule has 6 heteroatoms. The Kier molecular flexibility index (Phi) is 14.2. The number of rotatable bonds is 15. The largest absolute Gasteiger partial charge is 0.480 e. The number of aliphatic carboxylic acids is 1. The predicted octanol–water partition coefficient (Wildman–Crippen LogP) is 7.14. The molecule has 0 fully saturated rings. The second-order valence-electron chi connectivity index (χ2n) is 8.82. The molecule has 1 rings (SSSR count). The summed E-state index contributed by atoms with van der Waals surface area (Å²) in [4.78, 5) is 20.0. The Balaban J connectivity index is 2.61. The van der Waals surface area contributed by atoms with Crippen molar-refractivity contribution in [1.82, 2.24) is 9.97 Å². The van der Waals surface area contributed by atoms with Crippen LogP contribution in [0, 0.1) is 6.92 Å². The van der Waals surface area contributed by atoms with Crippen molar-refractivity contribution in [1.29, 1.82) is 0 Å². The van der Waals surface area contributed by atoms with Crippen molar-refractivity contribution in [2.24, 2.45) is 0 Å². The fourth-order valence-electron chi connectivity index (χ4n) is 3.07. The minimum Gasteiger partial charge on any atom is -0.480 e. The van der Waals surface area contributed by atoms with Crippen molar-refractivity contribution in [2.75, 3.05) is 16.8 Å². The number of nitrogens with one attached hydrogen (secondary N) is 1. The number of anilines is 1. The molecule has 0 aromatic carbocycles. The molecule has 0 spiro atoms. The standard InChI is InChI=1S/C27H41N3O2S/c1-20(2)9-7-10-22(5)11-8-12-24(14-13-21(3)4)16-18-33-19-25(27(31)32)30-26-15-17-28-23(6)29-26/h9,11,13,15-17,25H,7-8,10,12,14,18-19H2,1-6H3,(H,31,32)(H,28,29,30)/b22-11+,24-16-. The van der Waals surface area contributed by atoms with Gasteiger partial charge in [-0.1, -0.05) is 46.6 Å². The van der Waals surface area contributed by atoms with E-state index in [4.69, 9.17) is 0 Å². The lowest BCUT2D eigenvalue weighted by Gasteiger charge is -2.14. The first-order chi connectivity index (χ1) is 15.7. The monoisotopic (exact) mass is 471 g/mol. The number of carbonyl (C=O) groups is 1. The van der Waals surface area contributed by atoms with E-state index in [1.54, 1.807) is 30.9 Å². The number of thioether (sulfide) groups is 1. The molecule has 1 aromatic rings. The van der Waals surface area contributed by atoms with Crippen molar-refractivity contribution < 1.29 is 9.90 Å². The second kappa shape index (κ2) is 16.3. The van der Waals surface area contributed by atoms with Crippen molar-refractivity contribution in [2.45, 2.75) is 79.7 Å². The Labute approximate surface area is 204 Å². The number of carboxylic acids is 1. The topological polar surface area (TPSA) is 75.1 Å². The van der Waals surface area contributed by atoms with Crippen LogP contribution in [0.2, 0.25) is 0 Å². The number of hydrogen-bond donors (Lipinski definition) is 2. The van der Waals surface area contributed by atoms with Crippen LogP contribution in [0.5, 0.6) is 0 Å². The van der Waals surface area contributed by atoms with Gasteiger partial charge in [-0.2, -0.15) is 11.8 Å². The Bertz CT molecular complexity index is 864. The number of aromatic nitrogens is 2. The first-order valence-electron chi connectivity index (χ1n) is 11.6. The van der Waals surface area contributed by atoms with Gasteiger partial charge in [-0.05, 0) is 79.7 Å². The first kappa shape index (κ1) is 28.7. The number of aryl methyl sites for hydroxylation is 1. The zero-order valence-electron chi connectivity index (χ0n) is 21.1. The van der Waals surface area contributed by atoms with Crippen LogP contribution in [-0.2, 0) is 4.79 Å². The molecule has 33 heavy (non-hydrogen) atoms. The van der Waals surface area contributed by atoms with Crippen molar-refractivity contribution in [3.05, 3.63) is 64.7 Å². The summed E-state index contributed by atoms with van der Waals surface area (Å²) in [6, 6.07) is 1.01. The van der Waals surface area contributed by atoms with Gasteiger partial charge in [-0.25, -0.2) is 14.8 Å². The summed E-state index contributed by atoms with van der Waals surface area (Å²) in [6.45, 7) is 12.5. The fourth-order valence-corrected chi connectivity index (χ4v) is 4.02. The molecule has 0 saturated carbocycles. The lowest BCUT2D eigenvalue weighted by molar-refractivity contribution is -0.137. The third-order valence-corrected chi connectivity index (χ3v) is 5.96. The number of carboxylic acid groups (broad SMARTS) is 1. The van der Waals surface area contributed by atoms with Gasteiger partial charge < -0.3 is 10.4 Å². The third kappa shape index (κ3) is 14.4. The molecule has 5 nitrogen and oxygen atoms in total. The van der Waals surface area contributed by atoms with Gasteiger partial charge in [-0.3, -0.25) is 0 Å². The lowest BCUT2D eigenvalue weighted by Crippen LogP contribution is -2.32. The van der Waals surface area contributed by atoms with Crippen LogP contribution in [0.4, 0.5) is 5.82 Å². The molecule has 0 amide bonds. The highest BCUT2D eigenvalue weighted by Gasteiger charge is 2.17. The zero-order valence-corrected chi connectivity index (χ0v) is 22.0. The summed E-state index contributed by atoms with van der Waals surface area (Å²) in [5, 5.41) is 12.6. The van der Waals surface area contributed by atoms with Crippen LogP contribution in [0.1, 0.15) is 72.5 Å². The van der Waals surface area contributed by atoms with Crippen molar-refractivity contribution in [3.63, 3.8) is 0 Å². The van der Waals surface area contributed by atoms with Gasteiger partial charge in [0.1, 0.15) is 17.7 Å². The summed E-state index contributed by atoms with van der Waals surface area (Å²) in [5.41, 5.74) is 5.54. The second-order valence-corrected chi connectivity index (χ2v) is 9.89. The summed E-state index contributed by atoms with van der Waals surface area (Å²) in [7, 11) is 0. The number of hydrogen-bond acceptors (Lipinski definition) is 5. The predicted molar refractivity (Wildman–Crippen MR) is 143 cm³/mol. The van der Waals surface area contributed by atoms with Gasteiger partial charge in [-0.15, -0.1) is 0 Å². The Morgan fingerprint density at radius 2 is 1.76 bits per heavy atom. The van der Waals surface area contributed by atoms with Gasteiger partial charge in [0.05, 0.1) is 0 Å². The maximum Gasteiger partial charge on any atom is 0.327 e. The molecule has 1 unspecified atom stereocenters. The van der Waals surface area contributed by atoms with Crippen LogP contribution in [0.3, 0.4) is 0 Å². The van der Waals surface area contributed by atoms with Crippen molar-refractivity contribution in [3.8, 4) is 0 Å². The van der Waals surface area contributed by atoms with E-state index in [1.165, 1.54) is 22.3 Å². The SMILES string of the molecule is CC(C)=CCC/C(C)=C/CC/C(=C/CSCC(Nc1ccnc(C)n1)C(=O)O)CC=C(C)C. The van der Waals surface area contributed by atoms with E-state index in [9.17, 15) is 9.90 Å². The number of allylic oxidation sites excluding steroid dienone is 7. The van der Waals surface area contributed by atoms with Crippen LogP contribution in [-0.4, -0.2) is 38.6 Å². The van der Waals surface area contributed by atoms with Crippen LogP contribution in [0.15, 0.2) is 58.9 Å². The highest BCUT2D eigenvalue weighted by molar-refractivity contribution is 7.99. The Morgan fingerprint density at radius 1 is 1.06 bits per heavy atom. The fraction of sp³-hybridized carbons (Fsp3) is 0.519. The first-order valence-corrected chi connectivity index (χ1v) is 12.8. The van der Waals surface area contributed by atoms with Gasteiger partial charge in [0.25, 0.3) is 0 Å². The smallest absolute Gasteiger partial charge is 0.327 e. The van der Waals surface area contributed by atoms with E-state index < -0.39 is 12.0 Å². The molecule has 0 radical (unpaired) electrons. The van der Waals surface area contributed by atoms with E-state index in [-0.39, 0.29) is 0 Å². The average Bonchev–Trinajstić information content (AvgIpc) is 2.73. The molecular weight excluding hydrogens is 430 g/mol. The summed E-state index contributed by atoms with van der Waals surface area (Å²) >= 11 is 1.62. The molecule has 2 N–H and O–H groups in total. The minimum absolute atomic E-state index is 0.466. The average molecular weight is 472 g/mol. The van der Waals surface area contributed by atoms with Crippen molar-refractivity contribution >= 4 is 23.5 Å². The van der Waals surface area contributed by atoms with E-state index in [2.05, 4.69) is 74.2 Å². The minimum atomic E-state index is -0.874. The summed E-state index contributed by atoms with van der Waals surface area (Å²) in [6.07, 6.45) is 16.1. The van der Waals surface area contributed by atoms with Crippen LogP contribution in [0.25, 0.3) is 0 Å². The maximum atomic E-state index is 11.7. The molecule has 0 saturated heterocycles. The van der Waals surface area contributed by atoms with E-state index >= 15 is 0 Å². The highest BCUT2D eigenvalue weighted by Crippen LogP contribution is 2.18. The third-order valence-electron chi connectivity index (χ3n) is 4.99. The number of nitrogens with zero attached hydrogens (tertiary/aromatic N) is 2. The van der Waals surface area contributed by atoms with Crippen LogP contribution >= 0.6 is 11.8 Å². The molecular formula is C27H41N3O2S. The molecule has 1 heterocycles. The normalized spacial score (nSPS) is 12.8. The highest BCUT2D eigenvalue weighted by atomic mass is 32.2. The van der Waals surface area contributed by atoms with Gasteiger partial charge >= 0.3 is 5.97 Å². The lowest BCUT2D eigenvalue weighted by atomic mass is 10.0. The summed E-state index contributed by atoms with van der Waals surface area (Å²) < 4.78 is 0. The maximum absolute atomic E-state index is 11.7. The molecule has 1 aromatic heterocycles. The van der Waals surface area contributed by atoms with Gasteiger partial charge in [0.15, 0.2) is 0 Å². The van der Waals surface area contributed by atoms with Gasteiger partial charge in [0, 0.05) is 17.7 Å². The van der Waals surface area contributed by atoms with E-state index in [0.717, 1.165) is 37.9 Å².